The minimum Gasteiger partial charge on any atom is -0.378 e. The molecule has 2 aliphatic rings. The highest BCUT2D eigenvalue weighted by molar-refractivity contribution is 5.73. The summed E-state index contributed by atoms with van der Waals surface area (Å²) in [6, 6.07) is 9.46. The van der Waals surface area contributed by atoms with Crippen LogP contribution in [0.5, 0.6) is 0 Å². The topological polar surface area (TPSA) is 32.3 Å². The van der Waals surface area contributed by atoms with Crippen molar-refractivity contribution < 1.29 is 4.79 Å². The normalized spacial score (nSPS) is 31.0. The molecule has 2 aliphatic carbocycles. The van der Waals surface area contributed by atoms with Crippen LogP contribution in [0.25, 0.3) is 0 Å². The van der Waals surface area contributed by atoms with Crippen LogP contribution in [0.15, 0.2) is 24.3 Å². The highest BCUT2D eigenvalue weighted by atomic mass is 16.1. The summed E-state index contributed by atoms with van der Waals surface area (Å²) in [5, 5.41) is 3.16. The number of fused-ring (bicyclic) bond motifs is 1. The van der Waals surface area contributed by atoms with E-state index in [0.717, 1.165) is 12.3 Å². The minimum atomic E-state index is 0.124. The molecule has 1 N–H and O–H groups in total. The number of carbonyl (C=O) groups is 1. The smallest absolute Gasteiger partial charge is 0.217 e. The monoisotopic (exact) mass is 286 g/mol. The number of hydrogen-bond acceptors (Lipinski definition) is 2. The maximum atomic E-state index is 11.3. The summed E-state index contributed by atoms with van der Waals surface area (Å²) >= 11 is 0. The highest BCUT2D eigenvalue weighted by Crippen LogP contribution is 2.52. The van der Waals surface area contributed by atoms with E-state index in [1.54, 1.807) is 6.92 Å². The fraction of sp³-hybridized carbons (Fsp3) is 0.611. The third-order valence-corrected chi connectivity index (χ3v) is 5.43. The summed E-state index contributed by atoms with van der Waals surface area (Å²) in [6.45, 7) is 1.64. The summed E-state index contributed by atoms with van der Waals surface area (Å²) in [7, 11) is 4.16. The molecule has 1 amide bonds. The van der Waals surface area contributed by atoms with Crippen molar-refractivity contribution >= 4 is 11.6 Å². The molecule has 0 bridgehead atoms. The van der Waals surface area contributed by atoms with Gasteiger partial charge in [-0.3, -0.25) is 4.79 Å². The second-order valence-electron chi connectivity index (χ2n) is 6.88. The minimum absolute atomic E-state index is 0.124. The molecule has 0 radical (unpaired) electrons. The van der Waals surface area contributed by atoms with Crippen LogP contribution >= 0.6 is 0 Å². The molecule has 3 nitrogen and oxygen atoms in total. The Morgan fingerprint density at radius 3 is 2.33 bits per heavy atom. The Kier molecular flexibility index (Phi) is 3.92. The molecule has 21 heavy (non-hydrogen) atoms. The molecule has 0 saturated heterocycles. The molecule has 4 atom stereocenters. The van der Waals surface area contributed by atoms with E-state index in [1.165, 1.54) is 30.5 Å². The highest BCUT2D eigenvalue weighted by Gasteiger charge is 2.45. The van der Waals surface area contributed by atoms with Crippen LogP contribution in [0, 0.1) is 11.8 Å². The standard InChI is InChI=1S/C18H26N2O/c1-12(21)19-18-11-10-16-15(8-9-17(16)18)13-4-6-14(7-5-13)20(2)3/h4-7,15-18H,8-11H2,1-3H3,(H,19,21)/t15-,16-,17+,18+/m0/s1. The molecule has 114 valence electrons. The SMILES string of the molecule is CC(=O)N[C@@H]1CC[C@@H]2[C@H]1CC[C@H]2c1ccc(N(C)C)cc1. The van der Waals surface area contributed by atoms with Crippen LogP contribution in [-0.4, -0.2) is 26.0 Å². The van der Waals surface area contributed by atoms with Gasteiger partial charge in [0.15, 0.2) is 0 Å². The first-order valence-electron chi connectivity index (χ1n) is 8.10. The Labute approximate surface area is 127 Å². The van der Waals surface area contributed by atoms with Crippen molar-refractivity contribution in [3.05, 3.63) is 29.8 Å². The van der Waals surface area contributed by atoms with Gasteiger partial charge in [-0.05, 0) is 61.1 Å². The molecule has 0 aliphatic heterocycles. The van der Waals surface area contributed by atoms with Crippen LogP contribution in [0.3, 0.4) is 0 Å². The maximum absolute atomic E-state index is 11.3. The van der Waals surface area contributed by atoms with E-state index in [2.05, 4.69) is 48.6 Å². The van der Waals surface area contributed by atoms with Gasteiger partial charge in [0.1, 0.15) is 0 Å². The van der Waals surface area contributed by atoms with E-state index < -0.39 is 0 Å². The van der Waals surface area contributed by atoms with Gasteiger partial charge in [-0.1, -0.05) is 12.1 Å². The molecule has 3 rings (SSSR count). The first kappa shape index (κ1) is 14.4. The molecule has 3 heteroatoms. The lowest BCUT2D eigenvalue weighted by molar-refractivity contribution is -0.119. The predicted octanol–water partition coefficient (Wildman–Crippen LogP) is 3.16. The van der Waals surface area contributed by atoms with E-state index in [1.807, 2.05) is 0 Å². The number of hydrogen-bond donors (Lipinski definition) is 1. The van der Waals surface area contributed by atoms with Crippen molar-refractivity contribution in [2.24, 2.45) is 11.8 Å². The summed E-state index contributed by atoms with van der Waals surface area (Å²) in [4.78, 5) is 13.5. The molecule has 0 spiro atoms. The predicted molar refractivity (Wildman–Crippen MR) is 86.6 cm³/mol. The Morgan fingerprint density at radius 1 is 1.05 bits per heavy atom. The molecule has 1 aromatic carbocycles. The number of nitrogens with zero attached hydrogens (tertiary/aromatic N) is 1. The van der Waals surface area contributed by atoms with Gasteiger partial charge in [0, 0.05) is 32.7 Å². The molecule has 2 saturated carbocycles. The molecule has 0 heterocycles. The molecule has 1 aromatic rings. The van der Waals surface area contributed by atoms with E-state index in [0.29, 0.717) is 17.9 Å². The second kappa shape index (κ2) is 5.70. The van der Waals surface area contributed by atoms with Crippen LogP contribution in [-0.2, 0) is 4.79 Å². The molecular formula is C18H26N2O. The van der Waals surface area contributed by atoms with Crippen molar-refractivity contribution in [1.82, 2.24) is 5.32 Å². The van der Waals surface area contributed by atoms with Gasteiger partial charge >= 0.3 is 0 Å². The lowest BCUT2D eigenvalue weighted by Gasteiger charge is -2.22. The Morgan fingerprint density at radius 2 is 1.71 bits per heavy atom. The van der Waals surface area contributed by atoms with Crippen molar-refractivity contribution in [3.8, 4) is 0 Å². The Hall–Kier alpha value is -1.51. The Bertz CT molecular complexity index is 508. The van der Waals surface area contributed by atoms with Crippen LogP contribution in [0.2, 0.25) is 0 Å². The second-order valence-corrected chi connectivity index (χ2v) is 6.88. The summed E-state index contributed by atoms with van der Waals surface area (Å²) < 4.78 is 0. The fourth-order valence-electron chi connectivity index (χ4n) is 4.47. The average Bonchev–Trinajstić information content (AvgIpc) is 3.01. The van der Waals surface area contributed by atoms with Gasteiger partial charge in [0.2, 0.25) is 5.91 Å². The molecule has 2 fully saturated rings. The van der Waals surface area contributed by atoms with E-state index in [4.69, 9.17) is 0 Å². The lowest BCUT2D eigenvalue weighted by atomic mass is 9.86. The number of amides is 1. The zero-order chi connectivity index (χ0) is 15.0. The van der Waals surface area contributed by atoms with Crippen LogP contribution in [0.1, 0.15) is 44.1 Å². The number of anilines is 1. The number of benzene rings is 1. The van der Waals surface area contributed by atoms with Crippen molar-refractivity contribution in [3.63, 3.8) is 0 Å². The van der Waals surface area contributed by atoms with Crippen LogP contribution in [0.4, 0.5) is 5.69 Å². The largest absolute Gasteiger partial charge is 0.378 e. The van der Waals surface area contributed by atoms with Gasteiger partial charge in [-0.2, -0.15) is 0 Å². The van der Waals surface area contributed by atoms with Gasteiger partial charge in [-0.15, -0.1) is 0 Å². The maximum Gasteiger partial charge on any atom is 0.217 e. The summed E-state index contributed by atoms with van der Waals surface area (Å²) in [6.07, 6.45) is 4.94. The van der Waals surface area contributed by atoms with E-state index in [9.17, 15) is 4.79 Å². The third-order valence-electron chi connectivity index (χ3n) is 5.43. The lowest BCUT2D eigenvalue weighted by Crippen LogP contribution is -2.36. The zero-order valence-electron chi connectivity index (χ0n) is 13.3. The van der Waals surface area contributed by atoms with Gasteiger partial charge < -0.3 is 10.2 Å². The fourth-order valence-corrected chi connectivity index (χ4v) is 4.47. The summed E-state index contributed by atoms with van der Waals surface area (Å²) in [5.74, 6) is 2.25. The van der Waals surface area contributed by atoms with Gasteiger partial charge in [0.05, 0.1) is 0 Å². The quantitative estimate of drug-likeness (QED) is 0.925. The van der Waals surface area contributed by atoms with Crippen molar-refractivity contribution in [2.45, 2.75) is 44.6 Å². The van der Waals surface area contributed by atoms with Gasteiger partial charge in [-0.25, -0.2) is 0 Å². The van der Waals surface area contributed by atoms with Crippen LogP contribution < -0.4 is 10.2 Å². The number of rotatable bonds is 3. The number of nitrogens with one attached hydrogen (secondary N) is 1. The van der Waals surface area contributed by atoms with E-state index in [-0.39, 0.29) is 5.91 Å². The first-order valence-corrected chi connectivity index (χ1v) is 8.10. The molecular weight excluding hydrogens is 260 g/mol. The number of carbonyl (C=O) groups excluding carboxylic acids is 1. The van der Waals surface area contributed by atoms with Crippen molar-refractivity contribution in [1.29, 1.82) is 0 Å². The first-order chi connectivity index (χ1) is 10.1. The Balaban J connectivity index is 1.72. The molecule has 0 unspecified atom stereocenters. The van der Waals surface area contributed by atoms with Crippen molar-refractivity contribution in [2.75, 3.05) is 19.0 Å². The zero-order valence-corrected chi connectivity index (χ0v) is 13.3. The third kappa shape index (κ3) is 2.78. The molecule has 0 aromatic heterocycles. The van der Waals surface area contributed by atoms with Gasteiger partial charge in [0.25, 0.3) is 0 Å². The van der Waals surface area contributed by atoms with E-state index >= 15 is 0 Å². The summed E-state index contributed by atoms with van der Waals surface area (Å²) in [5.41, 5.74) is 2.74. The average molecular weight is 286 g/mol.